The summed E-state index contributed by atoms with van der Waals surface area (Å²) in [5.41, 5.74) is 0.606. The van der Waals surface area contributed by atoms with Crippen molar-refractivity contribution in [3.8, 4) is 0 Å². The summed E-state index contributed by atoms with van der Waals surface area (Å²) in [6, 6.07) is 9.89. The summed E-state index contributed by atoms with van der Waals surface area (Å²) in [5, 5.41) is 6.56. The lowest BCUT2D eigenvalue weighted by molar-refractivity contribution is 0.102. The Morgan fingerprint density at radius 3 is 2.50 bits per heavy atom. The molecular formula is C12H10BrN3O2. The van der Waals surface area contributed by atoms with Gasteiger partial charge in [0, 0.05) is 23.3 Å². The van der Waals surface area contributed by atoms with Gasteiger partial charge in [-0.1, -0.05) is 15.9 Å². The first-order valence-electron chi connectivity index (χ1n) is 5.17. The quantitative estimate of drug-likeness (QED) is 0.920. The number of nitrogens with zero attached hydrogens (tertiary/aromatic N) is 2. The molecule has 1 aromatic carbocycles. The van der Waals surface area contributed by atoms with Crippen molar-refractivity contribution in [2.24, 2.45) is 7.05 Å². The van der Waals surface area contributed by atoms with Gasteiger partial charge in [-0.25, -0.2) is 4.68 Å². The van der Waals surface area contributed by atoms with Gasteiger partial charge in [0.2, 0.25) is 0 Å². The predicted molar refractivity (Wildman–Crippen MR) is 71.6 cm³/mol. The van der Waals surface area contributed by atoms with Crippen LogP contribution in [0.5, 0.6) is 0 Å². The molecule has 1 heterocycles. The van der Waals surface area contributed by atoms with E-state index in [9.17, 15) is 9.59 Å². The third kappa shape index (κ3) is 2.84. The van der Waals surface area contributed by atoms with E-state index in [4.69, 9.17) is 0 Å². The number of aromatic nitrogens is 2. The van der Waals surface area contributed by atoms with E-state index in [1.54, 1.807) is 12.1 Å². The topological polar surface area (TPSA) is 64.0 Å². The van der Waals surface area contributed by atoms with Gasteiger partial charge in [-0.3, -0.25) is 9.59 Å². The van der Waals surface area contributed by atoms with Crippen LogP contribution < -0.4 is 10.9 Å². The van der Waals surface area contributed by atoms with E-state index in [0.717, 1.165) is 9.15 Å². The molecule has 0 saturated heterocycles. The van der Waals surface area contributed by atoms with Gasteiger partial charge in [0.15, 0.2) is 0 Å². The van der Waals surface area contributed by atoms with Gasteiger partial charge < -0.3 is 5.32 Å². The second-order valence-corrected chi connectivity index (χ2v) is 4.56. The number of carbonyl (C=O) groups is 1. The molecule has 0 atom stereocenters. The Labute approximate surface area is 112 Å². The van der Waals surface area contributed by atoms with Crippen LogP contribution in [0, 0.1) is 0 Å². The summed E-state index contributed by atoms with van der Waals surface area (Å²) in [5.74, 6) is -0.354. The Morgan fingerprint density at radius 2 is 1.89 bits per heavy atom. The Balaban J connectivity index is 2.19. The number of anilines is 1. The fraction of sp³-hybridized carbons (Fsp3) is 0.0833. The molecule has 1 amide bonds. The van der Waals surface area contributed by atoms with Crippen molar-refractivity contribution in [3.63, 3.8) is 0 Å². The van der Waals surface area contributed by atoms with Crippen molar-refractivity contribution < 1.29 is 4.79 Å². The Kier molecular flexibility index (Phi) is 3.57. The molecule has 0 aliphatic heterocycles. The Hall–Kier alpha value is -1.95. The maximum absolute atomic E-state index is 11.9. The van der Waals surface area contributed by atoms with Gasteiger partial charge >= 0.3 is 0 Å². The Morgan fingerprint density at radius 1 is 1.22 bits per heavy atom. The maximum atomic E-state index is 11.9. The summed E-state index contributed by atoms with van der Waals surface area (Å²) < 4.78 is 2.05. The van der Waals surface area contributed by atoms with E-state index in [1.165, 1.54) is 19.2 Å². The second kappa shape index (κ2) is 5.14. The van der Waals surface area contributed by atoms with E-state index in [1.807, 2.05) is 12.1 Å². The molecule has 0 fully saturated rings. The fourth-order valence-electron chi connectivity index (χ4n) is 1.35. The van der Waals surface area contributed by atoms with Gasteiger partial charge in [-0.2, -0.15) is 5.10 Å². The molecular weight excluding hydrogens is 298 g/mol. The third-order valence-electron chi connectivity index (χ3n) is 2.30. The second-order valence-electron chi connectivity index (χ2n) is 3.64. The number of hydrogen-bond acceptors (Lipinski definition) is 3. The highest BCUT2D eigenvalue weighted by Gasteiger charge is 2.08. The first kappa shape index (κ1) is 12.5. The van der Waals surface area contributed by atoms with Gasteiger partial charge in [0.05, 0.1) is 0 Å². The van der Waals surface area contributed by atoms with E-state index in [0.29, 0.717) is 5.69 Å². The van der Waals surface area contributed by atoms with Gasteiger partial charge in [0.25, 0.3) is 11.5 Å². The highest BCUT2D eigenvalue weighted by atomic mass is 79.9. The summed E-state index contributed by atoms with van der Waals surface area (Å²) >= 11 is 3.31. The molecule has 0 radical (unpaired) electrons. The molecule has 5 nitrogen and oxygen atoms in total. The van der Waals surface area contributed by atoms with Gasteiger partial charge in [-0.15, -0.1) is 0 Å². The first-order valence-corrected chi connectivity index (χ1v) is 5.97. The number of rotatable bonds is 2. The van der Waals surface area contributed by atoms with Crippen LogP contribution in [0.2, 0.25) is 0 Å². The number of nitrogens with one attached hydrogen (secondary N) is 1. The number of amides is 1. The lowest BCUT2D eigenvalue weighted by Crippen LogP contribution is -2.23. The molecule has 0 aliphatic carbocycles. The van der Waals surface area contributed by atoms with Crippen LogP contribution in [0.4, 0.5) is 5.69 Å². The van der Waals surface area contributed by atoms with Gasteiger partial charge in [-0.05, 0) is 30.3 Å². The molecule has 92 valence electrons. The number of carbonyl (C=O) groups excluding carboxylic acids is 1. The van der Waals surface area contributed by atoms with E-state index < -0.39 is 0 Å². The van der Waals surface area contributed by atoms with Crippen molar-refractivity contribution >= 4 is 27.5 Å². The lowest BCUT2D eigenvalue weighted by atomic mass is 10.3. The zero-order valence-electron chi connectivity index (χ0n) is 9.55. The molecule has 0 saturated carbocycles. The van der Waals surface area contributed by atoms with E-state index in [-0.39, 0.29) is 17.2 Å². The minimum Gasteiger partial charge on any atom is -0.321 e. The van der Waals surface area contributed by atoms with Crippen molar-refractivity contribution in [2.45, 2.75) is 0 Å². The summed E-state index contributed by atoms with van der Waals surface area (Å²) in [6.45, 7) is 0. The minimum atomic E-state index is -0.354. The van der Waals surface area contributed by atoms with Crippen LogP contribution in [0.1, 0.15) is 10.5 Å². The summed E-state index contributed by atoms with van der Waals surface area (Å²) in [7, 11) is 1.50. The molecule has 2 aromatic rings. The summed E-state index contributed by atoms with van der Waals surface area (Å²) in [4.78, 5) is 23.0. The SMILES string of the molecule is Cn1nc(C(=O)Nc2ccc(Br)cc2)ccc1=O. The highest BCUT2D eigenvalue weighted by Crippen LogP contribution is 2.14. The van der Waals surface area contributed by atoms with Crippen LogP contribution in [0.3, 0.4) is 0 Å². The molecule has 18 heavy (non-hydrogen) atoms. The number of halogens is 1. The van der Waals surface area contributed by atoms with E-state index >= 15 is 0 Å². The third-order valence-corrected chi connectivity index (χ3v) is 2.82. The van der Waals surface area contributed by atoms with Crippen LogP contribution in [0.15, 0.2) is 45.7 Å². The smallest absolute Gasteiger partial charge is 0.276 e. The minimum absolute atomic E-state index is 0.194. The zero-order valence-corrected chi connectivity index (χ0v) is 11.1. The summed E-state index contributed by atoms with van der Waals surface area (Å²) in [6.07, 6.45) is 0. The molecule has 0 bridgehead atoms. The zero-order chi connectivity index (χ0) is 13.1. The largest absolute Gasteiger partial charge is 0.321 e. The van der Waals surface area contributed by atoms with Crippen LogP contribution in [-0.2, 0) is 7.05 Å². The maximum Gasteiger partial charge on any atom is 0.276 e. The average molecular weight is 308 g/mol. The van der Waals surface area contributed by atoms with E-state index in [2.05, 4.69) is 26.3 Å². The molecule has 1 N–H and O–H groups in total. The lowest BCUT2D eigenvalue weighted by Gasteiger charge is -2.05. The molecule has 0 spiro atoms. The first-order chi connectivity index (χ1) is 8.56. The molecule has 2 rings (SSSR count). The van der Waals surface area contributed by atoms with Crippen molar-refractivity contribution in [3.05, 3.63) is 56.9 Å². The molecule has 0 unspecified atom stereocenters. The normalized spacial score (nSPS) is 10.1. The van der Waals surface area contributed by atoms with Crippen LogP contribution in [-0.4, -0.2) is 15.7 Å². The number of hydrogen-bond donors (Lipinski definition) is 1. The van der Waals surface area contributed by atoms with Crippen molar-refractivity contribution in [2.75, 3.05) is 5.32 Å². The highest BCUT2D eigenvalue weighted by molar-refractivity contribution is 9.10. The predicted octanol–water partition coefficient (Wildman–Crippen LogP) is 1.80. The molecule has 1 aromatic heterocycles. The van der Waals surface area contributed by atoms with Crippen LogP contribution in [0.25, 0.3) is 0 Å². The fourth-order valence-corrected chi connectivity index (χ4v) is 1.62. The number of aryl methyl sites for hydroxylation is 1. The molecule has 6 heteroatoms. The molecule has 0 aliphatic rings. The monoisotopic (exact) mass is 307 g/mol. The Bertz CT molecular complexity index is 635. The van der Waals surface area contributed by atoms with Crippen molar-refractivity contribution in [1.29, 1.82) is 0 Å². The average Bonchev–Trinajstić information content (AvgIpc) is 2.35. The number of benzene rings is 1. The van der Waals surface area contributed by atoms with Crippen molar-refractivity contribution in [1.82, 2.24) is 9.78 Å². The standard InChI is InChI=1S/C12H10BrN3O2/c1-16-11(17)7-6-10(15-16)12(18)14-9-4-2-8(13)3-5-9/h2-7H,1H3,(H,14,18). The van der Waals surface area contributed by atoms with Gasteiger partial charge in [0.1, 0.15) is 5.69 Å². The van der Waals surface area contributed by atoms with Crippen LogP contribution >= 0.6 is 15.9 Å².